The predicted molar refractivity (Wildman–Crippen MR) is 90.2 cm³/mol. The summed E-state index contributed by atoms with van der Waals surface area (Å²) in [5.74, 6) is -0.782. The van der Waals surface area contributed by atoms with Crippen LogP contribution in [0.1, 0.15) is 33.1 Å². The second-order valence-electron chi connectivity index (χ2n) is 7.40. The van der Waals surface area contributed by atoms with E-state index < -0.39 is 17.9 Å². The first kappa shape index (κ1) is 19.0. The van der Waals surface area contributed by atoms with Crippen molar-refractivity contribution < 1.29 is 22.7 Å². The molecule has 3 rings (SSSR count). The lowest BCUT2D eigenvalue weighted by Crippen LogP contribution is -2.53. The highest BCUT2D eigenvalue weighted by Crippen LogP contribution is 2.23. The number of carbonyl (C=O) groups is 1. The van der Waals surface area contributed by atoms with Crippen LogP contribution in [0.2, 0.25) is 0 Å². The molecule has 0 saturated carbocycles. The van der Waals surface area contributed by atoms with Crippen molar-refractivity contribution in [1.82, 2.24) is 19.7 Å². The minimum atomic E-state index is -2.86. The second-order valence-corrected chi connectivity index (χ2v) is 7.40. The SMILES string of the molecule is CC(C)(C)OC(=O)N1CC(Cn2ccc(-c3nnc(C(F)F)o3)cc2=O)C1. The van der Waals surface area contributed by atoms with Gasteiger partial charge in [0.15, 0.2) is 0 Å². The maximum absolute atomic E-state index is 12.5. The Morgan fingerprint density at radius 3 is 2.63 bits per heavy atom. The predicted octanol–water partition coefficient (Wildman–Crippen LogP) is 2.70. The molecule has 0 bridgehead atoms. The summed E-state index contributed by atoms with van der Waals surface area (Å²) in [6.07, 6.45) is -1.69. The van der Waals surface area contributed by atoms with Crippen LogP contribution >= 0.6 is 0 Å². The van der Waals surface area contributed by atoms with Gasteiger partial charge in [0.25, 0.3) is 11.4 Å². The lowest BCUT2D eigenvalue weighted by Gasteiger charge is -2.39. The van der Waals surface area contributed by atoms with Crippen molar-refractivity contribution in [2.75, 3.05) is 13.1 Å². The van der Waals surface area contributed by atoms with Gasteiger partial charge >= 0.3 is 12.5 Å². The molecular weight excluding hydrogens is 362 g/mol. The number of likely N-dealkylation sites (tertiary alicyclic amines) is 1. The highest BCUT2D eigenvalue weighted by Gasteiger charge is 2.33. The summed E-state index contributed by atoms with van der Waals surface area (Å²) in [6, 6.07) is 2.81. The van der Waals surface area contributed by atoms with Gasteiger partial charge in [-0.2, -0.15) is 8.78 Å². The number of halogens is 2. The molecule has 3 heterocycles. The number of pyridine rings is 1. The molecule has 0 spiro atoms. The van der Waals surface area contributed by atoms with Gasteiger partial charge < -0.3 is 18.6 Å². The number of aromatic nitrogens is 3. The van der Waals surface area contributed by atoms with Crippen molar-refractivity contribution in [2.24, 2.45) is 5.92 Å². The quantitative estimate of drug-likeness (QED) is 0.808. The van der Waals surface area contributed by atoms with E-state index in [4.69, 9.17) is 9.15 Å². The lowest BCUT2D eigenvalue weighted by molar-refractivity contribution is -0.00346. The Kier molecular flexibility index (Phi) is 4.99. The molecule has 0 N–H and O–H groups in total. The molecule has 1 aliphatic heterocycles. The van der Waals surface area contributed by atoms with Gasteiger partial charge in [0.05, 0.1) is 0 Å². The summed E-state index contributed by atoms with van der Waals surface area (Å²) in [4.78, 5) is 25.8. The summed E-state index contributed by atoms with van der Waals surface area (Å²) >= 11 is 0. The Morgan fingerprint density at radius 1 is 1.37 bits per heavy atom. The van der Waals surface area contributed by atoms with Gasteiger partial charge in [-0.05, 0) is 26.8 Å². The van der Waals surface area contributed by atoms with E-state index in [1.54, 1.807) is 37.9 Å². The Bertz CT molecular complexity index is 882. The lowest BCUT2D eigenvalue weighted by atomic mass is 10.0. The minimum Gasteiger partial charge on any atom is -0.444 e. The molecule has 1 amide bonds. The zero-order valence-electron chi connectivity index (χ0n) is 15.2. The molecule has 1 saturated heterocycles. The number of nitrogens with zero attached hydrogens (tertiary/aromatic N) is 4. The molecule has 0 aliphatic carbocycles. The molecule has 2 aromatic rings. The number of hydrogen-bond donors (Lipinski definition) is 0. The zero-order valence-corrected chi connectivity index (χ0v) is 15.2. The number of amides is 1. The van der Waals surface area contributed by atoms with Crippen molar-refractivity contribution in [1.29, 1.82) is 0 Å². The molecular formula is C17H20F2N4O4. The molecule has 0 atom stereocenters. The second kappa shape index (κ2) is 7.09. The van der Waals surface area contributed by atoms with Crippen molar-refractivity contribution in [3.8, 4) is 11.5 Å². The van der Waals surface area contributed by atoms with Gasteiger partial charge in [0.1, 0.15) is 5.60 Å². The molecule has 1 aliphatic rings. The van der Waals surface area contributed by atoms with E-state index in [9.17, 15) is 18.4 Å². The normalized spacial score (nSPS) is 15.1. The van der Waals surface area contributed by atoms with Gasteiger partial charge in [0.2, 0.25) is 5.89 Å². The van der Waals surface area contributed by atoms with E-state index in [-0.39, 0.29) is 29.0 Å². The van der Waals surface area contributed by atoms with Crippen LogP contribution in [0, 0.1) is 5.92 Å². The smallest absolute Gasteiger partial charge is 0.410 e. The molecule has 8 nitrogen and oxygen atoms in total. The number of hydrogen-bond acceptors (Lipinski definition) is 6. The summed E-state index contributed by atoms with van der Waals surface area (Å²) in [6.45, 7) is 6.85. The van der Waals surface area contributed by atoms with Gasteiger partial charge in [0, 0.05) is 43.4 Å². The van der Waals surface area contributed by atoms with Crippen LogP contribution in [0.5, 0.6) is 0 Å². The Morgan fingerprint density at radius 2 is 2.07 bits per heavy atom. The van der Waals surface area contributed by atoms with Crippen molar-refractivity contribution in [3.05, 3.63) is 34.6 Å². The molecule has 0 aromatic carbocycles. The van der Waals surface area contributed by atoms with Crippen LogP contribution in [0.25, 0.3) is 11.5 Å². The van der Waals surface area contributed by atoms with E-state index in [1.807, 2.05) is 0 Å². The molecule has 0 unspecified atom stereocenters. The van der Waals surface area contributed by atoms with Gasteiger partial charge in [-0.25, -0.2) is 4.79 Å². The fourth-order valence-corrected chi connectivity index (χ4v) is 2.67. The van der Waals surface area contributed by atoms with Gasteiger partial charge in [-0.15, -0.1) is 10.2 Å². The first-order valence-corrected chi connectivity index (χ1v) is 8.43. The number of ether oxygens (including phenoxy) is 1. The number of alkyl halides is 2. The summed E-state index contributed by atoms with van der Waals surface area (Å²) in [7, 11) is 0. The monoisotopic (exact) mass is 382 g/mol. The third-order valence-corrected chi connectivity index (χ3v) is 3.93. The Labute approximate surface area is 153 Å². The standard InChI is InChI=1S/C17H20F2N4O4/c1-17(2,3)27-16(25)23-8-10(9-23)7-22-5-4-11(6-12(22)24)14-20-21-15(26-14)13(18)19/h4-6,10,13H,7-9H2,1-3H3. The van der Waals surface area contributed by atoms with E-state index in [0.717, 1.165) is 0 Å². The molecule has 10 heteroatoms. The van der Waals surface area contributed by atoms with Crippen LogP contribution in [0.15, 0.2) is 27.5 Å². The Hall–Kier alpha value is -2.78. The van der Waals surface area contributed by atoms with Crippen molar-refractivity contribution >= 4 is 6.09 Å². The molecule has 27 heavy (non-hydrogen) atoms. The van der Waals surface area contributed by atoms with Crippen LogP contribution < -0.4 is 5.56 Å². The van der Waals surface area contributed by atoms with Crippen LogP contribution in [-0.2, 0) is 11.3 Å². The topological polar surface area (TPSA) is 90.5 Å². The maximum atomic E-state index is 12.5. The number of carbonyl (C=O) groups excluding carboxylic acids is 1. The zero-order chi connectivity index (χ0) is 19.8. The first-order chi connectivity index (χ1) is 12.6. The van der Waals surface area contributed by atoms with Crippen molar-refractivity contribution in [3.63, 3.8) is 0 Å². The fourth-order valence-electron chi connectivity index (χ4n) is 2.67. The van der Waals surface area contributed by atoms with Crippen LogP contribution in [0.4, 0.5) is 13.6 Å². The highest BCUT2D eigenvalue weighted by molar-refractivity contribution is 5.69. The van der Waals surface area contributed by atoms with Crippen LogP contribution in [-0.4, -0.2) is 44.4 Å². The minimum absolute atomic E-state index is 0.130. The summed E-state index contributed by atoms with van der Waals surface area (Å²) in [5.41, 5.74) is -0.590. The largest absolute Gasteiger partial charge is 0.444 e. The molecule has 0 radical (unpaired) electrons. The highest BCUT2D eigenvalue weighted by atomic mass is 19.3. The Balaban J connectivity index is 1.59. The molecule has 1 fully saturated rings. The summed E-state index contributed by atoms with van der Waals surface area (Å²) < 4.78 is 36.6. The van der Waals surface area contributed by atoms with E-state index in [1.165, 1.54) is 10.6 Å². The molecule has 146 valence electrons. The molecule has 2 aromatic heterocycles. The third kappa shape index (κ3) is 4.50. The average molecular weight is 382 g/mol. The van der Waals surface area contributed by atoms with Crippen LogP contribution in [0.3, 0.4) is 0 Å². The van der Waals surface area contributed by atoms with E-state index in [0.29, 0.717) is 19.6 Å². The maximum Gasteiger partial charge on any atom is 0.410 e. The fraction of sp³-hybridized carbons (Fsp3) is 0.529. The third-order valence-electron chi connectivity index (χ3n) is 3.93. The van der Waals surface area contributed by atoms with Gasteiger partial charge in [-0.1, -0.05) is 0 Å². The first-order valence-electron chi connectivity index (χ1n) is 8.43. The average Bonchev–Trinajstić information content (AvgIpc) is 2.99. The van der Waals surface area contributed by atoms with Gasteiger partial charge in [-0.3, -0.25) is 4.79 Å². The van der Waals surface area contributed by atoms with Crippen molar-refractivity contribution in [2.45, 2.75) is 39.3 Å². The van der Waals surface area contributed by atoms with E-state index >= 15 is 0 Å². The van der Waals surface area contributed by atoms with E-state index in [2.05, 4.69) is 10.2 Å². The number of rotatable bonds is 4. The summed E-state index contributed by atoms with van der Waals surface area (Å²) in [5, 5.41) is 6.76.